The number of anilines is 1. The SMILES string of the molecule is CN(C)c1ccnc(-c2[c-]cc(F)cc2F)c1.Cc1cccc(-c2[c-]cc(F)nc2F)n1.Cc1cccc(-c2[c-]cc(F)nc2F)n1.Cc1cccnc1-c1[c-]cc(F)nc1F.Fc1c[c-]c(-c2ccccn2)c(F)n1.N#Cc1c(F)c[c-]c(-c2ccccn2)c1F.N#Cc1c(F)c[c-]c(-c2ccccn2)c1F.[C-]#[N+]c1c(F)c[c-]c(-c2cccc(C)n2)c1F.[Ir].[Ir].[Ir].[Ir].[Ir]. The van der Waals surface area contributed by atoms with Crippen molar-refractivity contribution in [3.63, 3.8) is 0 Å². The van der Waals surface area contributed by atoms with E-state index < -0.39 is 111 Å². The molecule has 0 atom stereocenters. The van der Waals surface area contributed by atoms with Gasteiger partial charge >= 0.3 is 0 Å². The van der Waals surface area contributed by atoms with Gasteiger partial charge in [-0.15, -0.1) is 78.4 Å². The third-order valence-electron chi connectivity index (χ3n) is 16.2. The maximum atomic E-state index is 13.8. The van der Waals surface area contributed by atoms with Crippen LogP contribution in [0.2, 0.25) is 0 Å². The summed E-state index contributed by atoms with van der Waals surface area (Å²) in [7, 11) is 3.76. The van der Waals surface area contributed by atoms with Crippen molar-refractivity contribution in [2.45, 2.75) is 27.7 Å². The molecule has 0 aliphatic rings. The van der Waals surface area contributed by atoms with Gasteiger partial charge in [-0.1, -0.05) is 160 Å². The maximum absolute atomic E-state index is 13.8. The number of benzene rings is 4. The summed E-state index contributed by atoms with van der Waals surface area (Å²) in [5.41, 5.74) is 5.62. The minimum Gasteiger partial charge on any atom is -0.378 e. The van der Waals surface area contributed by atoms with E-state index in [9.17, 15) is 70.2 Å². The monoisotopic (exact) mass is 2660 g/mol. The van der Waals surface area contributed by atoms with Crippen LogP contribution in [0, 0.1) is 200 Å². The molecule has 0 saturated carbocycles. The van der Waals surface area contributed by atoms with E-state index in [1.807, 2.05) is 25.1 Å². The fourth-order valence-electron chi connectivity index (χ4n) is 10.4. The average Bonchev–Trinajstić information content (AvgIpc) is 0.818. The third-order valence-corrected chi connectivity index (χ3v) is 16.2. The van der Waals surface area contributed by atoms with E-state index >= 15 is 0 Å². The van der Waals surface area contributed by atoms with Gasteiger partial charge in [-0.3, -0.25) is 59.9 Å². The smallest absolute Gasteiger partial charge is 0.176 e. The Morgan fingerprint density at radius 3 is 1.01 bits per heavy atom. The first-order chi connectivity index (χ1) is 60.0. The number of pyridine rings is 12. The molecule has 130 heavy (non-hydrogen) atoms. The predicted molar refractivity (Wildman–Crippen MR) is 428 cm³/mol. The molecule has 0 spiro atoms. The summed E-state index contributed by atoms with van der Waals surface area (Å²) in [6.45, 7) is 13.9. The average molecular weight is 2660 g/mol. The van der Waals surface area contributed by atoms with Gasteiger partial charge in [0, 0.05) is 203 Å². The standard InChI is InChI=1S/C13H11F2N2.C13H7F2N2.2C12H5F2N2.3C11H7F2N2.C10H5F2N2.5Ir/c1-17(2)10-5-6-16-13(8-10)11-4-3-9(14)7-12(11)15;1-8-4-3-5-11(17-8)9-6-7-10(14)13(16-2)12(9)15;2*13-10-5-4-8(12(14)9(10)7-15)11-3-1-2-6-16-11;1-7-3-2-6-14-10(7)8-4-5-9(12)15-11(8)13;2*1-7-3-2-4-9(14-7)8-5-6-10(12)15-11(8)13;11-9-5-4-7(10(12)14-9)8-3-1-2-6-13-8;;;;;/h3,5-8H,1-2H3;3-5,7H,1H3;2*1-3,5-6H;2-3,5-6H,1H3;2*2-4,6H,1H3;1-3,5-6H;;;;;/q8*-1;;;;;. The molecular formula is C93H54F16Ir5N16-8. The van der Waals surface area contributed by atoms with Crippen LogP contribution in [-0.2, 0) is 101 Å². The minimum atomic E-state index is -0.929. The Bertz CT molecular complexity index is 6400. The molecule has 0 saturated heterocycles. The number of nitriles is 2. The van der Waals surface area contributed by atoms with Gasteiger partial charge in [0.1, 0.15) is 47.6 Å². The molecule has 0 N–H and O–H groups in total. The molecule has 0 aliphatic heterocycles. The molecule has 16 rings (SSSR count). The van der Waals surface area contributed by atoms with E-state index in [4.69, 9.17) is 17.1 Å². The predicted octanol–water partition coefficient (Wildman–Crippen LogP) is 21.8. The van der Waals surface area contributed by atoms with Gasteiger partial charge in [0.15, 0.2) is 5.69 Å². The van der Waals surface area contributed by atoms with Crippen LogP contribution in [0.25, 0.3) is 94.9 Å². The number of nitrogens with zero attached hydrogens (tertiary/aromatic N) is 16. The van der Waals surface area contributed by atoms with E-state index in [1.165, 1.54) is 30.7 Å². The minimum absolute atomic E-state index is 0. The molecule has 5 radical (unpaired) electrons. The van der Waals surface area contributed by atoms with Gasteiger partial charge in [0.05, 0.1) is 42.0 Å². The summed E-state index contributed by atoms with van der Waals surface area (Å²) >= 11 is 0. The Hall–Kier alpha value is -12.9. The first-order valence-corrected chi connectivity index (χ1v) is 35.8. The maximum Gasteiger partial charge on any atom is 0.176 e. The van der Waals surface area contributed by atoms with E-state index in [1.54, 1.807) is 167 Å². The van der Waals surface area contributed by atoms with E-state index in [0.29, 0.717) is 51.2 Å². The fourth-order valence-corrected chi connectivity index (χ4v) is 10.4. The second-order valence-corrected chi connectivity index (χ2v) is 25.1. The van der Waals surface area contributed by atoms with Crippen LogP contribution in [0.5, 0.6) is 0 Å². The normalized spacial score (nSPS) is 9.75. The largest absolute Gasteiger partial charge is 0.378 e. The van der Waals surface area contributed by atoms with Crippen molar-refractivity contribution in [2.24, 2.45) is 0 Å². The number of aromatic nitrogens is 12. The number of hydrogen-bond acceptors (Lipinski definition) is 15. The molecule has 0 aliphatic carbocycles. The molecule has 0 bridgehead atoms. The molecule has 0 unspecified atom stereocenters. The van der Waals surface area contributed by atoms with Gasteiger partial charge in [-0.25, -0.2) is 35.1 Å². The summed E-state index contributed by atoms with van der Waals surface area (Å²) in [6.07, 6.45) is 7.61. The Labute approximate surface area is 801 Å². The van der Waals surface area contributed by atoms with Gasteiger partial charge in [0.2, 0.25) is 0 Å². The van der Waals surface area contributed by atoms with Crippen molar-refractivity contribution in [1.29, 1.82) is 10.5 Å². The zero-order valence-corrected chi connectivity index (χ0v) is 79.1. The molecule has 16 aromatic rings. The number of aryl methyl sites for hydroxylation is 4. The van der Waals surface area contributed by atoms with Crippen LogP contribution < -0.4 is 4.90 Å². The molecular weight excluding hydrogens is 2610 g/mol. The zero-order valence-electron chi connectivity index (χ0n) is 67.2. The third kappa shape index (κ3) is 30.9. The quantitative estimate of drug-likeness (QED) is 0.0747. The topological polar surface area (TPSA) is 210 Å². The van der Waals surface area contributed by atoms with Crippen LogP contribution >= 0.6 is 0 Å². The van der Waals surface area contributed by atoms with Crippen molar-refractivity contribution < 1.29 is 171 Å². The van der Waals surface area contributed by atoms with E-state index in [-0.39, 0.29) is 145 Å². The molecule has 0 fully saturated rings. The Balaban J connectivity index is 0.000000309. The number of halogens is 16. The van der Waals surface area contributed by atoms with Crippen LogP contribution in [0.4, 0.5) is 81.6 Å². The van der Waals surface area contributed by atoms with Crippen LogP contribution in [0.1, 0.15) is 33.8 Å². The van der Waals surface area contributed by atoms with Gasteiger partial charge in [-0.05, 0) is 122 Å². The van der Waals surface area contributed by atoms with Crippen molar-refractivity contribution in [3.8, 4) is 102 Å². The van der Waals surface area contributed by atoms with Gasteiger partial charge in [-0.2, -0.15) is 10.5 Å². The summed E-state index contributed by atoms with van der Waals surface area (Å²) in [5.74, 6) is -13.9. The Kier molecular flexibility index (Phi) is 45.3. The molecule has 4 aromatic carbocycles. The molecule has 12 aromatic heterocycles. The van der Waals surface area contributed by atoms with Crippen molar-refractivity contribution in [3.05, 3.63) is 407 Å². The summed E-state index contributed by atoms with van der Waals surface area (Å²) < 4.78 is 210. The second-order valence-electron chi connectivity index (χ2n) is 25.1. The van der Waals surface area contributed by atoms with E-state index in [2.05, 4.69) is 113 Å². The summed E-state index contributed by atoms with van der Waals surface area (Å²) in [6, 6.07) is 68.7. The van der Waals surface area contributed by atoms with Crippen molar-refractivity contribution >= 4 is 11.4 Å². The first-order valence-electron chi connectivity index (χ1n) is 35.8. The zero-order chi connectivity index (χ0) is 90.4. The van der Waals surface area contributed by atoms with Crippen molar-refractivity contribution in [1.82, 2.24) is 59.8 Å². The number of hydrogen-bond donors (Lipinski definition) is 0. The Morgan fingerprint density at radius 2 is 0.654 bits per heavy atom. The van der Waals surface area contributed by atoms with Crippen molar-refractivity contribution in [2.75, 3.05) is 19.0 Å². The van der Waals surface area contributed by atoms with Gasteiger partial charge in [0.25, 0.3) is 0 Å². The summed E-state index contributed by atoms with van der Waals surface area (Å²) in [5, 5.41) is 17.2. The second kappa shape index (κ2) is 53.8. The Morgan fingerprint density at radius 1 is 0.315 bits per heavy atom. The summed E-state index contributed by atoms with van der Waals surface area (Å²) in [4.78, 5) is 49.1. The molecule has 0 amide bonds. The molecule has 12 heterocycles. The van der Waals surface area contributed by atoms with Crippen LogP contribution in [-0.4, -0.2) is 73.9 Å². The molecule has 16 nitrogen and oxygen atoms in total. The van der Waals surface area contributed by atoms with Crippen LogP contribution in [0.15, 0.2) is 219 Å². The molecule has 671 valence electrons. The first kappa shape index (κ1) is 109. The number of rotatable bonds is 9. The molecule has 37 heteroatoms. The fraction of sp³-hybridized carbons (Fsp3) is 0.0645. The van der Waals surface area contributed by atoms with Crippen LogP contribution in [0.3, 0.4) is 0 Å². The van der Waals surface area contributed by atoms with E-state index in [0.717, 1.165) is 77.2 Å². The van der Waals surface area contributed by atoms with Gasteiger partial charge < -0.3 is 44.8 Å².